The molecule has 0 saturated heterocycles. The van der Waals surface area contributed by atoms with E-state index < -0.39 is 37.4 Å². The zero-order valence-electron chi connectivity index (χ0n) is 40.8. The van der Waals surface area contributed by atoms with Gasteiger partial charge in [-0.1, -0.05) is 110 Å². The van der Waals surface area contributed by atoms with Gasteiger partial charge in [0, 0.05) is 66.2 Å². The average molecular weight is 989 g/mol. The van der Waals surface area contributed by atoms with Gasteiger partial charge in [0.05, 0.1) is 33.0 Å². The van der Waals surface area contributed by atoms with Crippen molar-refractivity contribution >= 4 is 33.8 Å². The second-order valence-electron chi connectivity index (χ2n) is 19.3. The first-order valence-corrected chi connectivity index (χ1v) is 25.8. The molecule has 70 heavy (non-hydrogen) atoms. The van der Waals surface area contributed by atoms with Crippen LogP contribution >= 0.6 is 0 Å². The monoisotopic (exact) mass is 988 g/mol. The largest absolute Gasteiger partial charge is 0.396 e. The first kappa shape index (κ1) is 52.0. The van der Waals surface area contributed by atoms with Crippen LogP contribution in [0.5, 0.6) is 0 Å². The number of hydrogen-bond donors (Lipinski definition) is 3. The third-order valence-electron chi connectivity index (χ3n) is 12.1. The van der Waals surface area contributed by atoms with Crippen LogP contribution in [0.15, 0.2) is 121 Å². The van der Waals surface area contributed by atoms with E-state index in [0.717, 1.165) is 51.9 Å². The molecule has 4 atom stereocenters. The summed E-state index contributed by atoms with van der Waals surface area (Å²) in [6.45, 7) is 14.7. The van der Waals surface area contributed by atoms with E-state index in [9.17, 15) is 31.9 Å². The molecule has 0 radical (unpaired) electrons. The van der Waals surface area contributed by atoms with E-state index in [-0.39, 0.29) is 60.7 Å². The fourth-order valence-electron chi connectivity index (χ4n) is 8.77. The van der Waals surface area contributed by atoms with Crippen molar-refractivity contribution in [3.05, 3.63) is 178 Å². The number of halogens is 2. The van der Waals surface area contributed by atoms with Gasteiger partial charge in [-0.15, -0.1) is 0 Å². The molecule has 0 fully saturated rings. The van der Waals surface area contributed by atoms with E-state index in [0.29, 0.717) is 36.3 Å². The highest BCUT2D eigenvalue weighted by atomic mass is 32.2. The van der Waals surface area contributed by atoms with Gasteiger partial charge < -0.3 is 15.7 Å². The lowest BCUT2D eigenvalue weighted by atomic mass is 9.95. The summed E-state index contributed by atoms with van der Waals surface area (Å²) in [5, 5.41) is 15.4. The molecule has 368 valence electrons. The minimum atomic E-state index is -1.33. The van der Waals surface area contributed by atoms with Gasteiger partial charge >= 0.3 is 0 Å². The van der Waals surface area contributed by atoms with Crippen LogP contribution in [0.25, 0.3) is 22.5 Å². The summed E-state index contributed by atoms with van der Waals surface area (Å²) >= 11 is 0. The summed E-state index contributed by atoms with van der Waals surface area (Å²) < 4.78 is 58.0. The second-order valence-corrected chi connectivity index (χ2v) is 23.7. The number of carbonyl (C=O) groups excluding carboxylic acids is 2. The Labute approximate surface area is 415 Å². The Bertz CT molecular complexity index is 2680. The van der Waals surface area contributed by atoms with Gasteiger partial charge in [-0.3, -0.25) is 9.59 Å². The van der Waals surface area contributed by atoms with Crippen LogP contribution in [0.1, 0.15) is 134 Å². The van der Waals surface area contributed by atoms with Crippen molar-refractivity contribution in [2.45, 2.75) is 115 Å². The summed E-state index contributed by atoms with van der Waals surface area (Å²) in [6.07, 6.45) is 2.17. The minimum absolute atomic E-state index is 0.0399. The lowest BCUT2D eigenvalue weighted by Crippen LogP contribution is -2.36. The number of amides is 2. The topological polar surface area (TPSA) is 145 Å². The molecule has 0 bridgehead atoms. The first-order valence-electron chi connectivity index (χ1n) is 23.6. The van der Waals surface area contributed by atoms with E-state index in [1.54, 1.807) is 48.5 Å². The van der Waals surface area contributed by atoms with Crippen LogP contribution < -0.4 is 10.6 Å². The van der Waals surface area contributed by atoms with Crippen molar-refractivity contribution in [2.24, 2.45) is 0 Å². The zero-order chi connectivity index (χ0) is 50.3. The summed E-state index contributed by atoms with van der Waals surface area (Å²) in [5.41, 5.74) is 8.15. The highest BCUT2D eigenvalue weighted by Crippen LogP contribution is 2.46. The van der Waals surface area contributed by atoms with Crippen LogP contribution in [0.4, 0.5) is 8.78 Å². The molecule has 0 spiro atoms. The number of carbonyl (C=O) groups is 2. The lowest BCUT2D eigenvalue weighted by molar-refractivity contribution is 0.0937. The molecule has 2 aromatic heterocycles. The van der Waals surface area contributed by atoms with Crippen molar-refractivity contribution in [3.63, 3.8) is 0 Å². The number of aliphatic hydroxyl groups excluding tert-OH is 1. The van der Waals surface area contributed by atoms with Gasteiger partial charge in [-0.2, -0.15) is 0 Å². The van der Waals surface area contributed by atoms with Crippen LogP contribution in [0, 0.1) is 11.6 Å². The fraction of sp³-hybridized carbons (Fsp3) is 0.345. The Balaban J connectivity index is 0.000000206. The smallest absolute Gasteiger partial charge is 0.270 e. The number of hydrogen-bond acceptors (Lipinski definition) is 7. The predicted octanol–water partition coefficient (Wildman–Crippen LogP) is 10.5. The molecule has 2 aliphatic rings. The SMILES string of the molecule is CC(C)(C)[S@@](=O)N1Cc2cc(C(=O)NCc3ccccc3F)nc(-c3ccccc3)c2[C@H]1CCO.CCC[C@@H]1c2c(cc(C(=O)NCc3ccccc3F)nc2-c2ccccc2)CN1[S@](=O)C(C)(C)C. The maximum absolute atomic E-state index is 14.0. The molecule has 11 nitrogen and oxygen atoms in total. The van der Waals surface area contributed by atoms with Crippen LogP contribution in [-0.4, -0.2) is 60.0 Å². The zero-order valence-corrected chi connectivity index (χ0v) is 42.4. The standard InChI is InChI=1S/C28H32FN3O2S.C27H30FN3O3S/c1-5-11-24-25-21(18-32(24)35(34)28(2,3)4)16-23(31-26(25)19-12-7-6-8-13-19)27(33)30-17-20-14-9-10-15-22(20)29;1-27(2,3)35(34)31-17-20-15-22(26(33)29-16-19-11-7-8-12-21(19)28)30-25(18-9-5-4-6-10-18)24(20)23(31)13-14-32/h6-10,12-16,24H,5,11,17-18H2,1-4H3,(H,30,33);4-12,15,23,32H,13-14,16-17H2,1-3H3,(H,29,33)/t24-,35-;23-,35-/m11/s1. The molecule has 2 aliphatic heterocycles. The molecule has 3 N–H and O–H groups in total. The molecule has 6 aromatic rings. The highest BCUT2D eigenvalue weighted by molar-refractivity contribution is 7.84. The number of fused-ring (bicyclic) bond motifs is 2. The predicted molar refractivity (Wildman–Crippen MR) is 273 cm³/mol. The molecular formula is C55H62F2N6O5S2. The van der Waals surface area contributed by atoms with Crippen LogP contribution in [-0.2, 0) is 48.2 Å². The molecular weight excluding hydrogens is 927 g/mol. The summed E-state index contributed by atoms with van der Waals surface area (Å²) in [5.74, 6) is -1.52. The Morgan fingerprint density at radius 3 is 1.34 bits per heavy atom. The normalized spacial score (nSPS) is 16.7. The Morgan fingerprint density at radius 1 is 0.614 bits per heavy atom. The van der Waals surface area contributed by atoms with Crippen molar-refractivity contribution < 1.29 is 31.9 Å². The Morgan fingerprint density at radius 2 is 0.986 bits per heavy atom. The minimum Gasteiger partial charge on any atom is -0.396 e. The highest BCUT2D eigenvalue weighted by Gasteiger charge is 2.42. The maximum atomic E-state index is 14.0. The maximum Gasteiger partial charge on any atom is 0.270 e. The second kappa shape index (κ2) is 22.5. The quantitative estimate of drug-likeness (QED) is 0.0985. The van der Waals surface area contributed by atoms with E-state index in [1.165, 1.54) is 12.1 Å². The number of nitrogens with zero attached hydrogens (tertiary/aromatic N) is 4. The molecule has 0 unspecified atom stereocenters. The molecule has 4 heterocycles. The molecule has 8 rings (SSSR count). The van der Waals surface area contributed by atoms with E-state index in [1.807, 2.05) is 111 Å². The number of nitrogens with one attached hydrogen (secondary N) is 2. The van der Waals surface area contributed by atoms with Gasteiger partial charge in [-0.25, -0.2) is 35.8 Å². The van der Waals surface area contributed by atoms with E-state index >= 15 is 0 Å². The third-order valence-corrected chi connectivity index (χ3v) is 15.8. The van der Waals surface area contributed by atoms with Crippen LogP contribution in [0.3, 0.4) is 0 Å². The Hall–Kier alpha value is -5.84. The van der Waals surface area contributed by atoms with Gasteiger partial charge in [0.25, 0.3) is 11.8 Å². The molecule has 4 aromatic carbocycles. The van der Waals surface area contributed by atoms with Gasteiger partial charge in [-0.05, 0) is 89.8 Å². The fourth-order valence-corrected chi connectivity index (χ4v) is 11.6. The van der Waals surface area contributed by atoms with Crippen molar-refractivity contribution in [1.82, 2.24) is 29.2 Å². The molecule has 0 aliphatic carbocycles. The number of pyridine rings is 2. The van der Waals surface area contributed by atoms with Gasteiger partial charge in [0.2, 0.25) is 0 Å². The lowest BCUT2D eigenvalue weighted by Gasteiger charge is -2.30. The number of aromatic nitrogens is 2. The first-order chi connectivity index (χ1) is 33.4. The Kier molecular flexibility index (Phi) is 16.7. The van der Waals surface area contributed by atoms with Crippen molar-refractivity contribution in [3.8, 4) is 22.5 Å². The van der Waals surface area contributed by atoms with Crippen molar-refractivity contribution in [2.75, 3.05) is 6.61 Å². The summed E-state index contributed by atoms with van der Waals surface area (Å²) in [4.78, 5) is 35.7. The van der Waals surface area contributed by atoms with Crippen LogP contribution in [0.2, 0.25) is 0 Å². The summed E-state index contributed by atoms with van der Waals surface area (Å²) in [6, 6.07) is 35.2. The average Bonchev–Trinajstić information content (AvgIpc) is 3.90. The van der Waals surface area contributed by atoms with Gasteiger partial charge in [0.15, 0.2) is 0 Å². The van der Waals surface area contributed by atoms with Gasteiger partial charge in [0.1, 0.15) is 45.0 Å². The third kappa shape index (κ3) is 11.8. The number of rotatable bonds is 14. The van der Waals surface area contributed by atoms with E-state index in [2.05, 4.69) is 17.6 Å². The van der Waals surface area contributed by atoms with E-state index in [4.69, 9.17) is 9.97 Å². The molecule has 0 saturated carbocycles. The summed E-state index contributed by atoms with van der Waals surface area (Å²) in [7, 11) is -2.55. The molecule has 15 heteroatoms. The van der Waals surface area contributed by atoms with Crippen molar-refractivity contribution in [1.29, 1.82) is 0 Å². The molecule has 2 amide bonds. The number of aliphatic hydroxyl groups is 1. The number of benzene rings is 4.